The molecule has 0 unspecified atom stereocenters. The van der Waals surface area contributed by atoms with E-state index >= 15 is 0 Å². The fourth-order valence-corrected chi connectivity index (χ4v) is 3.76. The summed E-state index contributed by atoms with van der Waals surface area (Å²) in [6.07, 6.45) is 0.692. The molecule has 0 atom stereocenters. The smallest absolute Gasteiger partial charge is 0.338 e. The number of esters is 1. The number of ether oxygens (including phenoxy) is 3. The minimum absolute atomic E-state index is 0.245. The summed E-state index contributed by atoms with van der Waals surface area (Å²) in [6, 6.07) is 8.84. The number of rotatable bonds is 5. The number of carbonyl (C=O) groups is 2. The van der Waals surface area contributed by atoms with Crippen molar-refractivity contribution >= 4 is 22.9 Å². The molecule has 0 spiro atoms. The van der Waals surface area contributed by atoms with Gasteiger partial charge in [-0.05, 0) is 61.7 Å². The van der Waals surface area contributed by atoms with Crippen LogP contribution in [0, 0.1) is 13.8 Å². The molecule has 0 aliphatic carbocycles. The summed E-state index contributed by atoms with van der Waals surface area (Å²) in [4.78, 5) is 35.8. The number of hydrogen-bond acceptors (Lipinski definition) is 7. The van der Waals surface area contributed by atoms with E-state index in [4.69, 9.17) is 14.2 Å². The van der Waals surface area contributed by atoms with Crippen LogP contribution in [0.4, 0.5) is 0 Å². The van der Waals surface area contributed by atoms with Gasteiger partial charge in [-0.2, -0.15) is 0 Å². The van der Waals surface area contributed by atoms with Crippen LogP contribution in [0.2, 0.25) is 0 Å². The highest BCUT2D eigenvalue weighted by molar-refractivity contribution is 5.94. The fraction of sp³-hybridized carbons (Fsp3) is 0.333. The lowest BCUT2D eigenvalue weighted by molar-refractivity contribution is -0.135. The first-order chi connectivity index (χ1) is 15.4. The summed E-state index contributed by atoms with van der Waals surface area (Å²) in [5.74, 6) is 0.483. The Hall–Kier alpha value is -3.68. The van der Waals surface area contributed by atoms with E-state index in [0.29, 0.717) is 47.6 Å². The molecule has 166 valence electrons. The second kappa shape index (κ2) is 8.82. The lowest BCUT2D eigenvalue weighted by Gasteiger charge is -2.29. The topological polar surface area (TPSA) is 90.8 Å². The van der Waals surface area contributed by atoms with Crippen LogP contribution in [0.5, 0.6) is 11.5 Å². The van der Waals surface area contributed by atoms with Gasteiger partial charge in [0.1, 0.15) is 0 Å². The van der Waals surface area contributed by atoms with Crippen molar-refractivity contribution in [1.29, 1.82) is 0 Å². The molecule has 0 saturated heterocycles. The Morgan fingerprint density at radius 3 is 2.28 bits per heavy atom. The van der Waals surface area contributed by atoms with Gasteiger partial charge in [-0.1, -0.05) is 0 Å². The first-order valence-electron chi connectivity index (χ1n) is 10.3. The number of aryl methyl sites for hydroxylation is 2. The van der Waals surface area contributed by atoms with Crippen LogP contribution in [0.15, 0.2) is 30.3 Å². The average Bonchev–Trinajstić information content (AvgIpc) is 2.81. The van der Waals surface area contributed by atoms with E-state index in [-0.39, 0.29) is 12.5 Å². The highest BCUT2D eigenvalue weighted by atomic mass is 16.5. The maximum Gasteiger partial charge on any atom is 0.338 e. The normalized spacial score (nSPS) is 12.9. The number of nitrogens with zero attached hydrogens (tertiary/aromatic N) is 3. The van der Waals surface area contributed by atoms with E-state index in [1.54, 1.807) is 37.3 Å². The Morgan fingerprint density at radius 1 is 0.938 bits per heavy atom. The second-order valence-electron chi connectivity index (χ2n) is 7.72. The molecule has 4 rings (SSSR count). The Morgan fingerprint density at radius 2 is 1.59 bits per heavy atom. The molecule has 1 amide bonds. The number of carbonyl (C=O) groups excluding carboxylic acids is 2. The maximum absolute atomic E-state index is 12.7. The Labute approximate surface area is 186 Å². The van der Waals surface area contributed by atoms with Crippen molar-refractivity contribution in [3.63, 3.8) is 0 Å². The standard InChI is InChI=1S/C24H25N3O5/c1-14-15(2)26-20-9-17(5-6-19(20)25-14)24(29)32-13-23(28)27-8-7-16-10-21(30-3)22(31-4)11-18(16)12-27/h5-6,9-11H,7-8,12-13H2,1-4H3. The van der Waals surface area contributed by atoms with Gasteiger partial charge in [0, 0.05) is 13.1 Å². The third-order valence-electron chi connectivity index (χ3n) is 5.71. The van der Waals surface area contributed by atoms with Crippen molar-refractivity contribution in [2.24, 2.45) is 0 Å². The van der Waals surface area contributed by atoms with Crippen LogP contribution in [0.3, 0.4) is 0 Å². The van der Waals surface area contributed by atoms with Gasteiger partial charge < -0.3 is 19.1 Å². The first kappa shape index (κ1) is 21.5. The van der Waals surface area contributed by atoms with E-state index in [9.17, 15) is 9.59 Å². The summed E-state index contributed by atoms with van der Waals surface area (Å²) >= 11 is 0. The monoisotopic (exact) mass is 435 g/mol. The Bertz CT molecular complexity index is 1210. The number of hydrogen-bond donors (Lipinski definition) is 0. The number of benzene rings is 2. The Kier molecular flexibility index (Phi) is 5.94. The van der Waals surface area contributed by atoms with Crippen LogP contribution in [-0.4, -0.2) is 54.1 Å². The summed E-state index contributed by atoms with van der Waals surface area (Å²) in [5.41, 5.74) is 5.42. The van der Waals surface area contributed by atoms with Crippen molar-refractivity contribution in [1.82, 2.24) is 14.9 Å². The lowest BCUT2D eigenvalue weighted by Crippen LogP contribution is -2.38. The number of methoxy groups -OCH3 is 2. The van der Waals surface area contributed by atoms with Gasteiger partial charge in [-0.3, -0.25) is 4.79 Å². The molecule has 0 fully saturated rings. The molecular formula is C24H25N3O5. The van der Waals surface area contributed by atoms with E-state index < -0.39 is 5.97 Å². The van der Waals surface area contributed by atoms with Crippen LogP contribution in [-0.2, 0) is 22.5 Å². The summed E-state index contributed by atoms with van der Waals surface area (Å²) < 4.78 is 16.0. The van der Waals surface area contributed by atoms with Gasteiger partial charge in [0.2, 0.25) is 0 Å². The van der Waals surface area contributed by atoms with Gasteiger partial charge in [-0.15, -0.1) is 0 Å². The zero-order chi connectivity index (χ0) is 22.8. The van der Waals surface area contributed by atoms with Crippen molar-refractivity contribution in [2.75, 3.05) is 27.4 Å². The van der Waals surface area contributed by atoms with E-state index in [1.165, 1.54) is 0 Å². The van der Waals surface area contributed by atoms with Crippen LogP contribution < -0.4 is 9.47 Å². The highest BCUT2D eigenvalue weighted by Crippen LogP contribution is 2.33. The van der Waals surface area contributed by atoms with Crippen molar-refractivity contribution in [3.05, 3.63) is 58.4 Å². The number of amides is 1. The van der Waals surface area contributed by atoms with Gasteiger partial charge in [0.15, 0.2) is 18.1 Å². The molecule has 2 aromatic carbocycles. The molecule has 0 saturated carbocycles. The molecule has 32 heavy (non-hydrogen) atoms. The molecule has 1 aliphatic rings. The maximum atomic E-state index is 12.7. The summed E-state index contributed by atoms with van der Waals surface area (Å²) in [6.45, 7) is 4.41. The fourth-order valence-electron chi connectivity index (χ4n) is 3.76. The van der Waals surface area contributed by atoms with Gasteiger partial charge in [0.25, 0.3) is 5.91 Å². The molecule has 3 aromatic rings. The van der Waals surface area contributed by atoms with E-state index in [1.807, 2.05) is 26.0 Å². The second-order valence-corrected chi connectivity index (χ2v) is 7.72. The zero-order valence-electron chi connectivity index (χ0n) is 18.6. The summed E-state index contributed by atoms with van der Waals surface area (Å²) in [5, 5.41) is 0. The van der Waals surface area contributed by atoms with Crippen LogP contribution in [0.1, 0.15) is 32.9 Å². The van der Waals surface area contributed by atoms with Crippen molar-refractivity contribution in [3.8, 4) is 11.5 Å². The summed E-state index contributed by atoms with van der Waals surface area (Å²) in [7, 11) is 3.18. The highest BCUT2D eigenvalue weighted by Gasteiger charge is 2.24. The SMILES string of the molecule is COc1cc2c(cc1OC)CN(C(=O)COC(=O)c1ccc3nc(C)c(C)nc3c1)CC2. The molecular weight excluding hydrogens is 410 g/mol. The van der Waals surface area contributed by atoms with Crippen molar-refractivity contribution < 1.29 is 23.8 Å². The molecule has 0 bridgehead atoms. The lowest BCUT2D eigenvalue weighted by atomic mass is 9.99. The van der Waals surface area contributed by atoms with Gasteiger partial charge in [0.05, 0.1) is 42.2 Å². The molecule has 8 nitrogen and oxygen atoms in total. The largest absolute Gasteiger partial charge is 0.493 e. The molecule has 1 aliphatic heterocycles. The number of aromatic nitrogens is 2. The van der Waals surface area contributed by atoms with E-state index in [0.717, 1.165) is 22.5 Å². The minimum Gasteiger partial charge on any atom is -0.493 e. The molecule has 0 radical (unpaired) electrons. The predicted octanol–water partition coefficient (Wildman–Crippen LogP) is 3.01. The van der Waals surface area contributed by atoms with Crippen molar-refractivity contribution in [2.45, 2.75) is 26.8 Å². The van der Waals surface area contributed by atoms with Gasteiger partial charge >= 0.3 is 5.97 Å². The van der Waals surface area contributed by atoms with Gasteiger partial charge in [-0.25, -0.2) is 14.8 Å². The van der Waals surface area contributed by atoms with Crippen LogP contribution in [0.25, 0.3) is 11.0 Å². The van der Waals surface area contributed by atoms with E-state index in [2.05, 4.69) is 9.97 Å². The molecule has 1 aromatic heterocycles. The third kappa shape index (κ3) is 4.21. The minimum atomic E-state index is -0.566. The van der Waals surface area contributed by atoms with Crippen LogP contribution >= 0.6 is 0 Å². The predicted molar refractivity (Wildman–Crippen MR) is 118 cm³/mol. The third-order valence-corrected chi connectivity index (χ3v) is 5.71. The quantitative estimate of drug-likeness (QED) is 0.569. The molecule has 8 heteroatoms. The first-order valence-corrected chi connectivity index (χ1v) is 10.3. The zero-order valence-corrected chi connectivity index (χ0v) is 18.6. The Balaban J connectivity index is 1.41. The number of fused-ring (bicyclic) bond motifs is 2. The molecule has 0 N–H and O–H groups in total. The average molecular weight is 435 g/mol. The molecule has 2 heterocycles.